The summed E-state index contributed by atoms with van der Waals surface area (Å²) in [7, 11) is 0. The van der Waals surface area contributed by atoms with E-state index in [4.69, 9.17) is 4.74 Å². The van der Waals surface area contributed by atoms with Crippen LogP contribution in [0.2, 0.25) is 0 Å². The molecular weight excluding hydrogens is 166 g/mol. The third-order valence-electron chi connectivity index (χ3n) is 1.98. The predicted molar refractivity (Wildman–Crippen MR) is 48.0 cm³/mol. The van der Waals surface area contributed by atoms with Gasteiger partial charge in [0.1, 0.15) is 5.75 Å². The second-order valence-corrected chi connectivity index (χ2v) is 3.30. The Kier molecular flexibility index (Phi) is 2.00. The molecule has 0 atom stereocenters. The molecule has 2 rings (SSSR count). The first-order valence-electron chi connectivity index (χ1n) is 4.38. The highest BCUT2D eigenvalue weighted by Gasteiger charge is 2.24. The van der Waals surface area contributed by atoms with Crippen LogP contribution in [0.15, 0.2) is 12.3 Å². The quantitative estimate of drug-likeness (QED) is 0.660. The number of ether oxygens (including phenoxy) is 1. The fourth-order valence-electron chi connectivity index (χ4n) is 1.10. The van der Waals surface area contributed by atoms with E-state index >= 15 is 0 Å². The lowest BCUT2D eigenvalue weighted by atomic mass is 10.2. The SMILES string of the molecule is Cc1cc(OC2CC2)c(C=O)cn1. The Bertz CT molecular complexity index is 332. The molecule has 3 nitrogen and oxygen atoms in total. The van der Waals surface area contributed by atoms with Crippen molar-refractivity contribution in [2.45, 2.75) is 25.9 Å². The maximum Gasteiger partial charge on any atom is 0.155 e. The zero-order valence-corrected chi connectivity index (χ0v) is 7.49. The van der Waals surface area contributed by atoms with Crippen molar-refractivity contribution in [3.63, 3.8) is 0 Å². The van der Waals surface area contributed by atoms with Crippen molar-refractivity contribution in [2.75, 3.05) is 0 Å². The molecule has 13 heavy (non-hydrogen) atoms. The molecular formula is C10H11NO2. The van der Waals surface area contributed by atoms with E-state index in [1.807, 2.05) is 13.0 Å². The molecule has 1 saturated carbocycles. The fraction of sp³-hybridized carbons (Fsp3) is 0.400. The molecule has 68 valence electrons. The Morgan fingerprint density at radius 1 is 1.62 bits per heavy atom. The molecule has 1 aromatic heterocycles. The minimum Gasteiger partial charge on any atom is -0.490 e. The molecule has 0 saturated heterocycles. The lowest BCUT2D eigenvalue weighted by Gasteiger charge is -2.06. The highest BCUT2D eigenvalue weighted by molar-refractivity contribution is 5.78. The molecule has 1 heterocycles. The number of pyridine rings is 1. The molecule has 0 N–H and O–H groups in total. The third-order valence-corrected chi connectivity index (χ3v) is 1.98. The molecule has 0 amide bonds. The molecule has 0 unspecified atom stereocenters. The van der Waals surface area contributed by atoms with E-state index in [2.05, 4.69) is 4.98 Å². The van der Waals surface area contributed by atoms with E-state index in [-0.39, 0.29) is 0 Å². The molecule has 0 spiro atoms. The lowest BCUT2D eigenvalue weighted by molar-refractivity contribution is 0.111. The van der Waals surface area contributed by atoms with Gasteiger partial charge in [-0.25, -0.2) is 0 Å². The van der Waals surface area contributed by atoms with E-state index in [1.165, 1.54) is 0 Å². The highest BCUT2D eigenvalue weighted by atomic mass is 16.5. The second-order valence-electron chi connectivity index (χ2n) is 3.30. The molecule has 0 aromatic carbocycles. The zero-order chi connectivity index (χ0) is 9.26. The monoisotopic (exact) mass is 177 g/mol. The topological polar surface area (TPSA) is 39.2 Å². The normalized spacial score (nSPS) is 15.5. The number of aldehydes is 1. The van der Waals surface area contributed by atoms with Crippen LogP contribution < -0.4 is 4.74 Å². The summed E-state index contributed by atoms with van der Waals surface area (Å²) < 4.78 is 5.56. The van der Waals surface area contributed by atoms with E-state index in [9.17, 15) is 4.79 Å². The molecule has 1 aromatic rings. The first-order chi connectivity index (χ1) is 6.29. The summed E-state index contributed by atoms with van der Waals surface area (Å²) in [5.74, 6) is 0.671. The van der Waals surface area contributed by atoms with Crippen molar-refractivity contribution in [3.8, 4) is 5.75 Å². The van der Waals surface area contributed by atoms with Gasteiger partial charge in [-0.2, -0.15) is 0 Å². The summed E-state index contributed by atoms with van der Waals surface area (Å²) in [4.78, 5) is 14.6. The number of hydrogen-bond acceptors (Lipinski definition) is 3. The van der Waals surface area contributed by atoms with Gasteiger partial charge < -0.3 is 4.74 Å². The van der Waals surface area contributed by atoms with Crippen molar-refractivity contribution in [3.05, 3.63) is 23.5 Å². The summed E-state index contributed by atoms with van der Waals surface area (Å²) in [6.45, 7) is 1.88. The van der Waals surface area contributed by atoms with Crippen LogP contribution in [0.4, 0.5) is 0 Å². The third kappa shape index (κ3) is 1.86. The molecule has 1 aliphatic rings. The smallest absolute Gasteiger partial charge is 0.155 e. The maximum atomic E-state index is 10.6. The molecule has 0 aliphatic heterocycles. The van der Waals surface area contributed by atoms with Crippen LogP contribution in [0.5, 0.6) is 5.75 Å². The Labute approximate surface area is 76.7 Å². The van der Waals surface area contributed by atoms with Crippen LogP contribution in [0.1, 0.15) is 28.9 Å². The zero-order valence-electron chi connectivity index (χ0n) is 7.49. The van der Waals surface area contributed by atoms with Gasteiger partial charge in [-0.1, -0.05) is 0 Å². The minimum atomic E-state index is 0.320. The van der Waals surface area contributed by atoms with Gasteiger partial charge in [-0.15, -0.1) is 0 Å². The lowest BCUT2D eigenvalue weighted by Crippen LogP contribution is -2.00. The summed E-state index contributed by atoms with van der Waals surface area (Å²) >= 11 is 0. The average molecular weight is 177 g/mol. The molecule has 1 fully saturated rings. The van der Waals surface area contributed by atoms with Gasteiger partial charge in [0.05, 0.1) is 11.7 Å². The maximum absolute atomic E-state index is 10.6. The van der Waals surface area contributed by atoms with Crippen LogP contribution >= 0.6 is 0 Å². The van der Waals surface area contributed by atoms with Gasteiger partial charge in [0.2, 0.25) is 0 Å². The Balaban J connectivity index is 2.27. The van der Waals surface area contributed by atoms with Crippen molar-refractivity contribution in [2.24, 2.45) is 0 Å². The summed E-state index contributed by atoms with van der Waals surface area (Å²) in [6.07, 6.45) is 4.85. The van der Waals surface area contributed by atoms with E-state index in [1.54, 1.807) is 6.20 Å². The summed E-state index contributed by atoms with van der Waals surface area (Å²) in [5, 5.41) is 0. The Morgan fingerprint density at radius 2 is 2.38 bits per heavy atom. The first kappa shape index (κ1) is 8.23. The van der Waals surface area contributed by atoms with Gasteiger partial charge in [-0.3, -0.25) is 9.78 Å². The van der Waals surface area contributed by atoms with Gasteiger partial charge in [0, 0.05) is 18.0 Å². The van der Waals surface area contributed by atoms with Gasteiger partial charge in [0.25, 0.3) is 0 Å². The van der Waals surface area contributed by atoms with Crippen molar-refractivity contribution < 1.29 is 9.53 Å². The van der Waals surface area contributed by atoms with E-state index in [0.717, 1.165) is 24.8 Å². The number of hydrogen-bond donors (Lipinski definition) is 0. The number of carbonyl (C=O) groups excluding carboxylic acids is 1. The Hall–Kier alpha value is -1.38. The molecule has 0 radical (unpaired) electrons. The highest BCUT2D eigenvalue weighted by Crippen LogP contribution is 2.28. The first-order valence-corrected chi connectivity index (χ1v) is 4.38. The number of nitrogens with zero attached hydrogens (tertiary/aromatic N) is 1. The minimum absolute atomic E-state index is 0.320. The number of carbonyl (C=O) groups is 1. The summed E-state index contributed by atoms with van der Waals surface area (Å²) in [5.41, 5.74) is 1.42. The van der Waals surface area contributed by atoms with Crippen molar-refractivity contribution in [1.29, 1.82) is 0 Å². The van der Waals surface area contributed by atoms with E-state index < -0.39 is 0 Å². The number of aryl methyl sites for hydroxylation is 1. The van der Waals surface area contributed by atoms with Crippen molar-refractivity contribution >= 4 is 6.29 Å². The van der Waals surface area contributed by atoms with Gasteiger partial charge >= 0.3 is 0 Å². The van der Waals surface area contributed by atoms with Crippen LogP contribution in [0, 0.1) is 6.92 Å². The van der Waals surface area contributed by atoms with E-state index in [0.29, 0.717) is 17.4 Å². The van der Waals surface area contributed by atoms with Crippen LogP contribution in [0.3, 0.4) is 0 Å². The largest absolute Gasteiger partial charge is 0.490 e. The van der Waals surface area contributed by atoms with Crippen LogP contribution in [-0.4, -0.2) is 17.4 Å². The number of rotatable bonds is 3. The van der Waals surface area contributed by atoms with Gasteiger partial charge in [-0.05, 0) is 19.8 Å². The average Bonchev–Trinajstić information content (AvgIpc) is 2.89. The fourth-order valence-corrected chi connectivity index (χ4v) is 1.10. The second kappa shape index (κ2) is 3.17. The standard InChI is InChI=1S/C10H11NO2/c1-7-4-10(13-9-2-3-9)8(6-12)5-11-7/h4-6,9H,2-3H2,1H3. The van der Waals surface area contributed by atoms with Gasteiger partial charge in [0.15, 0.2) is 6.29 Å². The number of aromatic nitrogens is 1. The summed E-state index contributed by atoms with van der Waals surface area (Å²) in [6, 6.07) is 1.81. The molecule has 0 bridgehead atoms. The molecule has 1 aliphatic carbocycles. The Morgan fingerprint density at radius 3 is 3.00 bits per heavy atom. The van der Waals surface area contributed by atoms with Crippen LogP contribution in [-0.2, 0) is 0 Å². The van der Waals surface area contributed by atoms with Crippen molar-refractivity contribution in [1.82, 2.24) is 4.98 Å². The van der Waals surface area contributed by atoms with Crippen LogP contribution in [0.25, 0.3) is 0 Å². The predicted octanol–water partition coefficient (Wildman–Crippen LogP) is 1.74. The molecule has 3 heteroatoms.